The number of aromatic nitrogens is 1. The molecular formula is C23H26N+. The molecule has 0 bridgehead atoms. The molecule has 0 atom stereocenters. The Labute approximate surface area is 145 Å². The molecule has 4 rings (SSSR count). The molecule has 0 fully saturated rings. The molecule has 1 heteroatoms. The van der Waals surface area contributed by atoms with Crippen molar-refractivity contribution in [2.24, 2.45) is 0 Å². The first kappa shape index (κ1) is 15.4. The molecule has 1 aliphatic rings. The van der Waals surface area contributed by atoms with Crippen LogP contribution in [0.1, 0.15) is 43.4 Å². The first-order chi connectivity index (χ1) is 11.6. The summed E-state index contributed by atoms with van der Waals surface area (Å²) in [7, 11) is 0. The molecule has 1 aliphatic heterocycles. The molecular weight excluding hydrogens is 290 g/mol. The van der Waals surface area contributed by atoms with Crippen LogP contribution in [-0.4, -0.2) is 0 Å². The predicted octanol–water partition coefficient (Wildman–Crippen LogP) is 5.48. The zero-order valence-electron chi connectivity index (χ0n) is 15.2. The van der Waals surface area contributed by atoms with Crippen molar-refractivity contribution in [1.82, 2.24) is 0 Å². The van der Waals surface area contributed by atoms with Gasteiger partial charge in [0.1, 0.15) is 0 Å². The molecule has 0 spiro atoms. The number of hydrogen-bond donors (Lipinski definition) is 0. The van der Waals surface area contributed by atoms with E-state index in [4.69, 9.17) is 0 Å². The molecule has 122 valence electrons. The van der Waals surface area contributed by atoms with Crippen molar-refractivity contribution in [3.05, 3.63) is 65.2 Å². The first-order valence-electron chi connectivity index (χ1n) is 9.14. The van der Waals surface area contributed by atoms with Gasteiger partial charge in [-0.15, -0.1) is 0 Å². The van der Waals surface area contributed by atoms with Gasteiger partial charge in [-0.1, -0.05) is 37.6 Å². The van der Waals surface area contributed by atoms with E-state index < -0.39 is 0 Å². The summed E-state index contributed by atoms with van der Waals surface area (Å²) in [6.45, 7) is 9.07. The molecule has 0 amide bonds. The molecule has 0 aliphatic carbocycles. The predicted molar refractivity (Wildman–Crippen MR) is 101 cm³/mol. The SMILES string of the molecule is CCC1(CC)Cc2ccc(C)cc2-c2ccc3ccc(C)cc3[n+]21. The summed E-state index contributed by atoms with van der Waals surface area (Å²) >= 11 is 0. The van der Waals surface area contributed by atoms with Crippen LogP contribution in [0.25, 0.3) is 22.2 Å². The Morgan fingerprint density at radius 3 is 2.29 bits per heavy atom. The standard InChI is InChI=1S/C23H26N/c1-5-23(6-2)15-19-10-8-16(3)13-20(19)21-12-11-18-9-7-17(4)14-22(18)24(21)23/h7-14H,5-6,15H2,1-4H3/q+1. The highest BCUT2D eigenvalue weighted by atomic mass is 15.1. The van der Waals surface area contributed by atoms with E-state index in [0.717, 1.165) is 19.3 Å². The molecule has 0 radical (unpaired) electrons. The van der Waals surface area contributed by atoms with Crippen molar-refractivity contribution in [3.8, 4) is 11.3 Å². The van der Waals surface area contributed by atoms with Gasteiger partial charge in [-0.25, -0.2) is 0 Å². The Morgan fingerprint density at radius 1 is 0.875 bits per heavy atom. The van der Waals surface area contributed by atoms with Crippen molar-refractivity contribution in [3.63, 3.8) is 0 Å². The van der Waals surface area contributed by atoms with Gasteiger partial charge >= 0.3 is 0 Å². The number of pyridine rings is 1. The summed E-state index contributed by atoms with van der Waals surface area (Å²) in [4.78, 5) is 0. The third kappa shape index (κ3) is 2.11. The summed E-state index contributed by atoms with van der Waals surface area (Å²) in [5.41, 5.74) is 8.51. The van der Waals surface area contributed by atoms with Crippen LogP contribution in [0.2, 0.25) is 0 Å². The van der Waals surface area contributed by atoms with Gasteiger partial charge < -0.3 is 0 Å². The van der Waals surface area contributed by atoms with E-state index in [-0.39, 0.29) is 5.54 Å². The van der Waals surface area contributed by atoms with E-state index >= 15 is 0 Å². The van der Waals surface area contributed by atoms with Crippen molar-refractivity contribution in [2.45, 2.75) is 52.5 Å². The summed E-state index contributed by atoms with van der Waals surface area (Å²) in [6.07, 6.45) is 3.43. The van der Waals surface area contributed by atoms with Crippen molar-refractivity contribution in [2.75, 3.05) is 0 Å². The largest absolute Gasteiger partial charge is 0.213 e. The van der Waals surface area contributed by atoms with Crippen LogP contribution < -0.4 is 4.57 Å². The van der Waals surface area contributed by atoms with E-state index in [2.05, 4.69) is 80.8 Å². The highest BCUT2D eigenvalue weighted by molar-refractivity contribution is 5.79. The minimum absolute atomic E-state index is 0.172. The number of nitrogens with zero attached hydrogens (tertiary/aromatic N) is 1. The van der Waals surface area contributed by atoms with Crippen LogP contribution in [0.15, 0.2) is 48.5 Å². The van der Waals surface area contributed by atoms with E-state index in [9.17, 15) is 0 Å². The minimum Gasteiger partial charge on any atom is -0.186 e. The Bertz CT molecular complexity index is 932. The molecule has 24 heavy (non-hydrogen) atoms. The molecule has 0 unspecified atom stereocenters. The zero-order chi connectivity index (χ0) is 16.9. The molecule has 0 N–H and O–H groups in total. The lowest BCUT2D eigenvalue weighted by molar-refractivity contribution is -0.735. The van der Waals surface area contributed by atoms with Crippen LogP contribution in [0.4, 0.5) is 0 Å². The monoisotopic (exact) mass is 316 g/mol. The Hall–Kier alpha value is -2.15. The van der Waals surface area contributed by atoms with Crippen LogP contribution >= 0.6 is 0 Å². The van der Waals surface area contributed by atoms with Crippen molar-refractivity contribution < 1.29 is 4.57 Å². The van der Waals surface area contributed by atoms with Gasteiger partial charge in [-0.3, -0.25) is 0 Å². The van der Waals surface area contributed by atoms with E-state index in [1.54, 1.807) is 0 Å². The fourth-order valence-corrected chi connectivity index (χ4v) is 4.42. The molecule has 1 nitrogen and oxygen atoms in total. The average molecular weight is 316 g/mol. The molecule has 2 aromatic carbocycles. The van der Waals surface area contributed by atoms with Gasteiger partial charge in [0.15, 0.2) is 5.54 Å². The van der Waals surface area contributed by atoms with E-state index in [0.29, 0.717) is 0 Å². The summed E-state index contributed by atoms with van der Waals surface area (Å²) in [6, 6.07) is 18.4. The van der Waals surface area contributed by atoms with Gasteiger partial charge in [-0.2, -0.15) is 4.57 Å². The van der Waals surface area contributed by atoms with Crippen molar-refractivity contribution in [1.29, 1.82) is 0 Å². The highest BCUT2D eigenvalue weighted by Gasteiger charge is 2.44. The number of hydrogen-bond acceptors (Lipinski definition) is 0. The average Bonchev–Trinajstić information content (AvgIpc) is 2.60. The number of rotatable bonds is 2. The molecule has 3 aromatic rings. The highest BCUT2D eigenvalue weighted by Crippen LogP contribution is 2.38. The van der Waals surface area contributed by atoms with E-state index in [1.165, 1.54) is 38.9 Å². The Morgan fingerprint density at radius 2 is 1.54 bits per heavy atom. The molecule has 1 aromatic heterocycles. The van der Waals surface area contributed by atoms with Crippen LogP contribution in [0, 0.1) is 13.8 Å². The molecule has 0 saturated heterocycles. The normalized spacial score (nSPS) is 15.2. The Balaban J connectivity index is 2.15. The fourth-order valence-electron chi connectivity index (χ4n) is 4.42. The van der Waals surface area contributed by atoms with Crippen LogP contribution in [-0.2, 0) is 12.0 Å². The second kappa shape index (κ2) is 5.44. The lowest BCUT2D eigenvalue weighted by Gasteiger charge is -2.34. The van der Waals surface area contributed by atoms with Gasteiger partial charge in [0.05, 0.1) is 0 Å². The lowest BCUT2D eigenvalue weighted by Crippen LogP contribution is -2.60. The lowest BCUT2D eigenvalue weighted by atomic mass is 9.78. The maximum Gasteiger partial charge on any atom is 0.213 e. The Kier molecular flexibility index (Phi) is 3.49. The number of aryl methyl sites for hydroxylation is 2. The number of fused-ring (bicyclic) bond motifs is 5. The molecule has 2 heterocycles. The summed E-state index contributed by atoms with van der Waals surface area (Å²) < 4.78 is 2.65. The number of benzene rings is 2. The second-order valence-corrected chi connectivity index (χ2v) is 7.39. The maximum absolute atomic E-state index is 2.65. The van der Waals surface area contributed by atoms with Crippen LogP contribution in [0.3, 0.4) is 0 Å². The summed E-state index contributed by atoms with van der Waals surface area (Å²) in [5.74, 6) is 0. The quantitative estimate of drug-likeness (QED) is 0.551. The maximum atomic E-state index is 2.65. The minimum atomic E-state index is 0.172. The third-order valence-electron chi connectivity index (χ3n) is 5.94. The van der Waals surface area contributed by atoms with Crippen molar-refractivity contribution >= 4 is 10.9 Å². The van der Waals surface area contributed by atoms with Crippen LogP contribution in [0.5, 0.6) is 0 Å². The third-order valence-corrected chi connectivity index (χ3v) is 5.94. The van der Waals surface area contributed by atoms with E-state index in [1.807, 2.05) is 0 Å². The molecule has 0 saturated carbocycles. The summed E-state index contributed by atoms with van der Waals surface area (Å²) in [5, 5.41) is 1.34. The van der Waals surface area contributed by atoms with Gasteiger partial charge in [0, 0.05) is 42.3 Å². The zero-order valence-corrected chi connectivity index (χ0v) is 15.2. The smallest absolute Gasteiger partial charge is 0.186 e. The van der Waals surface area contributed by atoms with Gasteiger partial charge in [0.25, 0.3) is 0 Å². The fraction of sp³-hybridized carbons (Fsp3) is 0.348. The second-order valence-electron chi connectivity index (χ2n) is 7.39. The van der Waals surface area contributed by atoms with Gasteiger partial charge in [-0.05, 0) is 43.2 Å². The first-order valence-corrected chi connectivity index (χ1v) is 9.14. The topological polar surface area (TPSA) is 3.88 Å². The van der Waals surface area contributed by atoms with Gasteiger partial charge in [0.2, 0.25) is 11.2 Å².